The van der Waals surface area contributed by atoms with Crippen LogP contribution in [0.2, 0.25) is 0 Å². The molecule has 0 radical (unpaired) electrons. The van der Waals surface area contributed by atoms with Gasteiger partial charge in [-0.1, -0.05) is 15.9 Å². The molecule has 104 valence electrons. The topological polar surface area (TPSA) is 38.3 Å². The van der Waals surface area contributed by atoms with E-state index in [0.29, 0.717) is 5.75 Å². The van der Waals surface area contributed by atoms with Crippen molar-refractivity contribution in [3.63, 3.8) is 0 Å². The fourth-order valence-corrected chi connectivity index (χ4v) is 2.99. The molecular weight excluding hydrogens is 501 g/mol. The van der Waals surface area contributed by atoms with Crippen LogP contribution in [0.1, 0.15) is 0 Å². The zero-order valence-corrected chi connectivity index (χ0v) is 15.5. The van der Waals surface area contributed by atoms with Crippen LogP contribution in [0.15, 0.2) is 51.4 Å². The van der Waals surface area contributed by atoms with E-state index in [1.807, 2.05) is 36.4 Å². The minimum Gasteiger partial charge on any atom is -0.483 e. The first-order chi connectivity index (χ1) is 9.54. The molecule has 0 aliphatic carbocycles. The number of benzene rings is 2. The Labute approximate surface area is 147 Å². The van der Waals surface area contributed by atoms with Crippen LogP contribution in [-0.4, -0.2) is 12.5 Å². The van der Waals surface area contributed by atoms with Gasteiger partial charge in [0.2, 0.25) is 0 Å². The predicted octanol–water partition coefficient (Wildman–Crippen LogP) is 4.83. The quantitative estimate of drug-likeness (QED) is 0.598. The standard InChI is InChI=1S/C14H10Br2INO2/c15-9-1-6-13(12(16)7-9)20-8-14(19)18-11-4-2-10(17)3-5-11/h1-7H,8H2,(H,18,19). The van der Waals surface area contributed by atoms with E-state index in [2.05, 4.69) is 59.8 Å². The first-order valence-corrected chi connectivity index (χ1v) is 8.34. The summed E-state index contributed by atoms with van der Waals surface area (Å²) in [6.45, 7) is -0.0355. The average Bonchev–Trinajstić information content (AvgIpc) is 2.40. The molecule has 2 aromatic carbocycles. The molecule has 6 heteroatoms. The lowest BCUT2D eigenvalue weighted by atomic mass is 10.3. The second-order valence-corrected chi connectivity index (χ2v) is 6.93. The normalized spacial score (nSPS) is 10.2. The number of hydrogen-bond donors (Lipinski definition) is 1. The van der Waals surface area contributed by atoms with E-state index < -0.39 is 0 Å². The Morgan fingerprint density at radius 1 is 1.15 bits per heavy atom. The molecule has 0 bridgehead atoms. The third-order valence-electron chi connectivity index (χ3n) is 2.38. The zero-order chi connectivity index (χ0) is 14.5. The average molecular weight is 511 g/mol. The molecule has 0 aliphatic rings. The largest absolute Gasteiger partial charge is 0.483 e. The maximum atomic E-state index is 11.8. The molecule has 2 aromatic rings. The number of rotatable bonds is 4. The van der Waals surface area contributed by atoms with Gasteiger partial charge in [0.25, 0.3) is 5.91 Å². The van der Waals surface area contributed by atoms with Crippen LogP contribution in [0.3, 0.4) is 0 Å². The molecule has 0 spiro atoms. The van der Waals surface area contributed by atoms with Crippen molar-refractivity contribution >= 4 is 66.0 Å². The Morgan fingerprint density at radius 3 is 2.50 bits per heavy atom. The lowest BCUT2D eigenvalue weighted by Gasteiger charge is -2.09. The number of nitrogens with one attached hydrogen (secondary N) is 1. The molecule has 0 atom stereocenters. The molecule has 1 N–H and O–H groups in total. The molecule has 0 aliphatic heterocycles. The zero-order valence-electron chi connectivity index (χ0n) is 10.2. The number of ether oxygens (including phenoxy) is 1. The summed E-state index contributed by atoms with van der Waals surface area (Å²) < 4.78 is 8.33. The fraction of sp³-hybridized carbons (Fsp3) is 0.0714. The van der Waals surface area contributed by atoms with Crippen LogP contribution in [0, 0.1) is 3.57 Å². The van der Waals surface area contributed by atoms with E-state index in [1.54, 1.807) is 6.07 Å². The second-order valence-electron chi connectivity index (χ2n) is 3.92. The third-order valence-corrected chi connectivity index (χ3v) is 4.21. The van der Waals surface area contributed by atoms with E-state index in [-0.39, 0.29) is 12.5 Å². The van der Waals surface area contributed by atoms with Crippen LogP contribution in [0.4, 0.5) is 5.69 Å². The number of carbonyl (C=O) groups excluding carboxylic acids is 1. The lowest BCUT2D eigenvalue weighted by Crippen LogP contribution is -2.20. The van der Waals surface area contributed by atoms with Gasteiger partial charge in [-0.2, -0.15) is 0 Å². The summed E-state index contributed by atoms with van der Waals surface area (Å²) in [7, 11) is 0. The number of anilines is 1. The highest BCUT2D eigenvalue weighted by atomic mass is 127. The summed E-state index contributed by atoms with van der Waals surface area (Å²) in [5, 5.41) is 2.78. The van der Waals surface area contributed by atoms with Gasteiger partial charge in [0.05, 0.1) is 4.47 Å². The Kier molecular flexibility index (Phi) is 5.86. The van der Waals surface area contributed by atoms with Gasteiger partial charge < -0.3 is 10.1 Å². The van der Waals surface area contributed by atoms with Gasteiger partial charge in [0.1, 0.15) is 5.75 Å². The predicted molar refractivity (Wildman–Crippen MR) is 95.1 cm³/mol. The maximum Gasteiger partial charge on any atom is 0.262 e. The number of amides is 1. The van der Waals surface area contributed by atoms with E-state index in [1.165, 1.54) is 0 Å². The highest BCUT2D eigenvalue weighted by molar-refractivity contribution is 14.1. The van der Waals surface area contributed by atoms with Gasteiger partial charge >= 0.3 is 0 Å². The van der Waals surface area contributed by atoms with Gasteiger partial charge in [0.15, 0.2) is 6.61 Å². The van der Waals surface area contributed by atoms with Crippen molar-refractivity contribution in [1.82, 2.24) is 0 Å². The monoisotopic (exact) mass is 509 g/mol. The van der Waals surface area contributed by atoms with Gasteiger partial charge in [-0.05, 0) is 81.0 Å². The van der Waals surface area contributed by atoms with E-state index in [0.717, 1.165) is 18.2 Å². The summed E-state index contributed by atoms with van der Waals surface area (Å²) in [5.74, 6) is 0.437. The summed E-state index contributed by atoms with van der Waals surface area (Å²) in [5.41, 5.74) is 0.758. The van der Waals surface area contributed by atoms with Crippen molar-refractivity contribution < 1.29 is 9.53 Å². The van der Waals surface area contributed by atoms with Crippen LogP contribution in [-0.2, 0) is 4.79 Å². The van der Waals surface area contributed by atoms with Crippen molar-refractivity contribution in [3.8, 4) is 5.75 Å². The summed E-state index contributed by atoms with van der Waals surface area (Å²) in [6, 6.07) is 13.1. The molecular formula is C14H10Br2INO2. The molecule has 0 saturated heterocycles. The van der Waals surface area contributed by atoms with Crippen LogP contribution >= 0.6 is 54.5 Å². The van der Waals surface area contributed by atoms with Crippen molar-refractivity contribution in [2.75, 3.05) is 11.9 Å². The van der Waals surface area contributed by atoms with Gasteiger partial charge in [0, 0.05) is 13.7 Å². The van der Waals surface area contributed by atoms with Crippen LogP contribution in [0.25, 0.3) is 0 Å². The molecule has 1 amide bonds. The highest BCUT2D eigenvalue weighted by Gasteiger charge is 2.06. The summed E-state index contributed by atoms with van der Waals surface area (Å²) in [4.78, 5) is 11.8. The van der Waals surface area contributed by atoms with Crippen molar-refractivity contribution in [2.45, 2.75) is 0 Å². The minimum atomic E-state index is -0.193. The first-order valence-electron chi connectivity index (χ1n) is 5.68. The molecule has 20 heavy (non-hydrogen) atoms. The molecule has 3 nitrogen and oxygen atoms in total. The highest BCUT2D eigenvalue weighted by Crippen LogP contribution is 2.28. The number of hydrogen-bond acceptors (Lipinski definition) is 2. The molecule has 2 rings (SSSR count). The molecule has 0 fully saturated rings. The molecule has 0 saturated carbocycles. The number of halogens is 3. The Hall–Kier alpha value is -0.600. The molecule has 0 heterocycles. The Morgan fingerprint density at radius 2 is 1.85 bits per heavy atom. The fourth-order valence-electron chi connectivity index (χ4n) is 1.47. The lowest BCUT2D eigenvalue weighted by molar-refractivity contribution is -0.118. The van der Waals surface area contributed by atoms with Crippen LogP contribution < -0.4 is 10.1 Å². The van der Waals surface area contributed by atoms with Crippen molar-refractivity contribution in [3.05, 3.63) is 55.0 Å². The van der Waals surface area contributed by atoms with Gasteiger partial charge in [-0.3, -0.25) is 4.79 Å². The first kappa shape index (κ1) is 15.8. The Balaban J connectivity index is 1.90. The summed E-state index contributed by atoms with van der Waals surface area (Å²) in [6.07, 6.45) is 0. The Bertz CT molecular complexity index is 617. The molecule has 0 unspecified atom stereocenters. The third kappa shape index (κ3) is 4.75. The van der Waals surface area contributed by atoms with Gasteiger partial charge in [-0.25, -0.2) is 0 Å². The SMILES string of the molecule is O=C(COc1ccc(Br)cc1Br)Nc1ccc(I)cc1. The van der Waals surface area contributed by atoms with Crippen molar-refractivity contribution in [1.29, 1.82) is 0 Å². The van der Waals surface area contributed by atoms with E-state index in [9.17, 15) is 4.79 Å². The smallest absolute Gasteiger partial charge is 0.262 e. The molecule has 0 aromatic heterocycles. The number of carbonyl (C=O) groups is 1. The van der Waals surface area contributed by atoms with Crippen molar-refractivity contribution in [2.24, 2.45) is 0 Å². The summed E-state index contributed by atoms with van der Waals surface area (Å²) >= 11 is 8.96. The van der Waals surface area contributed by atoms with Crippen LogP contribution in [0.5, 0.6) is 5.75 Å². The van der Waals surface area contributed by atoms with Gasteiger partial charge in [-0.15, -0.1) is 0 Å². The van der Waals surface area contributed by atoms with E-state index >= 15 is 0 Å². The maximum absolute atomic E-state index is 11.8. The van der Waals surface area contributed by atoms with E-state index in [4.69, 9.17) is 4.74 Å². The second kappa shape index (κ2) is 7.42. The minimum absolute atomic E-state index is 0.0355.